The van der Waals surface area contributed by atoms with Crippen LogP contribution >= 0.6 is 22.9 Å². The van der Waals surface area contributed by atoms with E-state index in [-0.39, 0.29) is 21.5 Å². The summed E-state index contributed by atoms with van der Waals surface area (Å²) in [5.74, 6) is -1.19. The zero-order valence-electron chi connectivity index (χ0n) is 19.3. The number of hydrogen-bond acceptors (Lipinski definition) is 5. The van der Waals surface area contributed by atoms with E-state index in [1.807, 2.05) is 42.5 Å². The van der Waals surface area contributed by atoms with Gasteiger partial charge in [-0.15, -0.1) is 0 Å². The SMILES string of the molecule is CCOC(=O)C1=C(C(F)(F)F)N=c2s/c(=C\c3cccc4ccccc34)c(=O)n2[C@@H]1c1ccc(Cl)cc1. The Labute approximate surface area is 217 Å². The van der Waals surface area contributed by atoms with Crippen LogP contribution in [0.5, 0.6) is 0 Å². The van der Waals surface area contributed by atoms with Crippen LogP contribution in [0.4, 0.5) is 13.2 Å². The molecule has 0 saturated heterocycles. The number of hydrogen-bond donors (Lipinski definition) is 0. The second-order valence-electron chi connectivity index (χ2n) is 8.18. The van der Waals surface area contributed by atoms with Crippen LogP contribution < -0.4 is 14.9 Å². The van der Waals surface area contributed by atoms with Crippen molar-refractivity contribution in [2.24, 2.45) is 4.99 Å². The number of carbonyl (C=O) groups excluding carboxylic acids is 1. The molecule has 10 heteroatoms. The Balaban J connectivity index is 1.82. The molecule has 1 aromatic heterocycles. The molecule has 0 N–H and O–H groups in total. The average molecular weight is 543 g/mol. The first kappa shape index (κ1) is 25.0. The van der Waals surface area contributed by atoms with Gasteiger partial charge in [0.25, 0.3) is 5.56 Å². The lowest BCUT2D eigenvalue weighted by atomic mass is 9.95. The number of thiazole rings is 1. The Morgan fingerprint density at radius 3 is 2.51 bits per heavy atom. The Morgan fingerprint density at radius 1 is 1.11 bits per heavy atom. The van der Waals surface area contributed by atoms with E-state index in [0.29, 0.717) is 5.02 Å². The van der Waals surface area contributed by atoms with Crippen molar-refractivity contribution in [3.63, 3.8) is 0 Å². The van der Waals surface area contributed by atoms with Crippen LogP contribution in [0.25, 0.3) is 16.8 Å². The fourth-order valence-electron chi connectivity index (χ4n) is 4.32. The van der Waals surface area contributed by atoms with Crippen LogP contribution in [0.2, 0.25) is 5.02 Å². The van der Waals surface area contributed by atoms with Crippen molar-refractivity contribution < 1.29 is 22.7 Å². The molecule has 188 valence electrons. The van der Waals surface area contributed by atoms with Gasteiger partial charge < -0.3 is 4.74 Å². The standard InChI is InChI=1S/C27H18ClF3N2O3S/c1-2-36-25(35)21-22(16-10-12-18(28)13-11-16)33-24(34)20(37-26(33)32-23(21)27(29,30)31)14-17-8-5-7-15-6-3-4-9-19(15)17/h3-14,22H,2H2,1H3/b20-14-/t22-/m1/s1. The van der Waals surface area contributed by atoms with Crippen molar-refractivity contribution in [1.82, 2.24) is 4.57 Å². The summed E-state index contributed by atoms with van der Waals surface area (Å²) >= 11 is 6.83. The van der Waals surface area contributed by atoms with Gasteiger partial charge in [-0.1, -0.05) is 77.5 Å². The number of alkyl halides is 3. The third-order valence-electron chi connectivity index (χ3n) is 5.89. The highest BCUT2D eigenvalue weighted by Crippen LogP contribution is 2.38. The van der Waals surface area contributed by atoms with Gasteiger partial charge in [0.15, 0.2) is 10.5 Å². The lowest BCUT2D eigenvalue weighted by Crippen LogP contribution is -2.41. The minimum Gasteiger partial charge on any atom is -0.463 e. The Hall–Kier alpha value is -3.69. The van der Waals surface area contributed by atoms with Gasteiger partial charge in [-0.3, -0.25) is 9.36 Å². The summed E-state index contributed by atoms with van der Waals surface area (Å²) in [6.07, 6.45) is -3.33. The normalized spacial score (nSPS) is 16.0. The molecule has 3 aromatic carbocycles. The lowest BCUT2D eigenvalue weighted by Gasteiger charge is -2.26. The van der Waals surface area contributed by atoms with Crippen LogP contribution in [-0.4, -0.2) is 23.3 Å². The Bertz CT molecular complexity index is 1730. The van der Waals surface area contributed by atoms with E-state index >= 15 is 0 Å². The van der Waals surface area contributed by atoms with Crippen LogP contribution in [0.15, 0.2) is 87.8 Å². The van der Waals surface area contributed by atoms with Gasteiger partial charge in [0.1, 0.15) is 0 Å². The molecule has 5 rings (SSSR count). The Kier molecular flexibility index (Phi) is 6.51. The molecule has 0 fully saturated rings. The Morgan fingerprint density at radius 2 is 1.81 bits per heavy atom. The van der Waals surface area contributed by atoms with Crippen LogP contribution in [0, 0.1) is 0 Å². The largest absolute Gasteiger partial charge is 0.463 e. The smallest absolute Gasteiger partial charge is 0.434 e. The first-order valence-electron chi connectivity index (χ1n) is 11.2. The number of ether oxygens (including phenoxy) is 1. The average Bonchev–Trinajstić information content (AvgIpc) is 3.18. The highest BCUT2D eigenvalue weighted by molar-refractivity contribution is 7.07. The van der Waals surface area contributed by atoms with Crippen molar-refractivity contribution in [3.8, 4) is 0 Å². The maximum absolute atomic E-state index is 14.2. The van der Waals surface area contributed by atoms with E-state index in [2.05, 4.69) is 4.99 Å². The fraction of sp³-hybridized carbons (Fsp3) is 0.148. The minimum atomic E-state index is -4.96. The molecule has 1 aliphatic rings. The second-order valence-corrected chi connectivity index (χ2v) is 9.63. The summed E-state index contributed by atoms with van der Waals surface area (Å²) < 4.78 is 48.9. The third kappa shape index (κ3) is 4.60. The zero-order chi connectivity index (χ0) is 26.3. The van der Waals surface area contributed by atoms with E-state index in [4.69, 9.17) is 16.3 Å². The predicted molar refractivity (Wildman–Crippen MR) is 136 cm³/mol. The van der Waals surface area contributed by atoms with Crippen LogP contribution in [0.1, 0.15) is 24.1 Å². The highest BCUT2D eigenvalue weighted by atomic mass is 35.5. The van der Waals surface area contributed by atoms with Gasteiger partial charge in [0, 0.05) is 5.02 Å². The second kappa shape index (κ2) is 9.64. The quantitative estimate of drug-likeness (QED) is 0.335. The van der Waals surface area contributed by atoms with Crippen molar-refractivity contribution >= 4 is 45.8 Å². The fourth-order valence-corrected chi connectivity index (χ4v) is 5.44. The molecule has 0 aliphatic carbocycles. The van der Waals surface area contributed by atoms with Crippen molar-refractivity contribution in [2.45, 2.75) is 19.1 Å². The van der Waals surface area contributed by atoms with Crippen molar-refractivity contribution in [3.05, 3.63) is 114 Å². The monoisotopic (exact) mass is 542 g/mol. The molecule has 1 atom stereocenters. The first-order chi connectivity index (χ1) is 17.7. The molecule has 0 saturated carbocycles. The molecule has 5 nitrogen and oxygen atoms in total. The third-order valence-corrected chi connectivity index (χ3v) is 7.13. The van der Waals surface area contributed by atoms with E-state index in [9.17, 15) is 22.8 Å². The number of fused-ring (bicyclic) bond motifs is 2. The summed E-state index contributed by atoms with van der Waals surface area (Å²) in [6, 6.07) is 17.7. The molecule has 1 aliphatic heterocycles. The van der Waals surface area contributed by atoms with Gasteiger partial charge in [0.05, 0.1) is 22.8 Å². The molecule has 0 radical (unpaired) electrons. The molecule has 0 unspecified atom stereocenters. The van der Waals surface area contributed by atoms with Crippen molar-refractivity contribution in [1.29, 1.82) is 0 Å². The zero-order valence-corrected chi connectivity index (χ0v) is 20.8. The van der Waals surface area contributed by atoms with Gasteiger partial charge in [0.2, 0.25) is 0 Å². The lowest BCUT2D eigenvalue weighted by molar-refractivity contribution is -0.140. The number of halogens is 4. The number of benzene rings is 3. The van der Waals surface area contributed by atoms with E-state index in [1.165, 1.54) is 31.2 Å². The number of allylic oxidation sites excluding steroid dienone is 1. The van der Waals surface area contributed by atoms with E-state index in [1.54, 1.807) is 6.08 Å². The summed E-state index contributed by atoms with van der Waals surface area (Å²) in [5.41, 5.74) is -1.71. The molecular weight excluding hydrogens is 525 g/mol. The maximum Gasteiger partial charge on any atom is 0.434 e. The summed E-state index contributed by atoms with van der Waals surface area (Å²) in [6.45, 7) is 1.34. The van der Waals surface area contributed by atoms with Gasteiger partial charge in [-0.05, 0) is 47.0 Å². The minimum absolute atomic E-state index is 0.147. The topological polar surface area (TPSA) is 60.7 Å². The predicted octanol–water partition coefficient (Wildman–Crippen LogP) is 5.15. The molecule has 4 aromatic rings. The van der Waals surface area contributed by atoms with Crippen LogP contribution in [0.3, 0.4) is 0 Å². The molecule has 2 heterocycles. The molecule has 0 spiro atoms. The van der Waals surface area contributed by atoms with Gasteiger partial charge in [-0.2, -0.15) is 13.2 Å². The molecule has 37 heavy (non-hydrogen) atoms. The summed E-state index contributed by atoms with van der Waals surface area (Å²) in [4.78, 5) is 30.2. The van der Waals surface area contributed by atoms with E-state index in [0.717, 1.165) is 32.2 Å². The summed E-state index contributed by atoms with van der Waals surface area (Å²) in [5, 5.41) is 2.19. The molecular formula is C27H18ClF3N2O3S. The van der Waals surface area contributed by atoms with Crippen LogP contribution in [-0.2, 0) is 9.53 Å². The van der Waals surface area contributed by atoms with Gasteiger partial charge in [-0.25, -0.2) is 9.79 Å². The first-order valence-corrected chi connectivity index (χ1v) is 12.4. The number of rotatable bonds is 4. The number of carbonyl (C=O) groups is 1. The highest BCUT2D eigenvalue weighted by Gasteiger charge is 2.45. The van der Waals surface area contributed by atoms with E-state index < -0.39 is 35.0 Å². The van der Waals surface area contributed by atoms with Gasteiger partial charge >= 0.3 is 12.1 Å². The summed E-state index contributed by atoms with van der Waals surface area (Å²) in [7, 11) is 0. The number of esters is 1. The molecule has 0 amide bonds. The van der Waals surface area contributed by atoms with Crippen molar-refractivity contribution in [2.75, 3.05) is 6.61 Å². The molecule has 0 bridgehead atoms. The maximum atomic E-state index is 14.2. The number of nitrogens with zero attached hydrogens (tertiary/aromatic N) is 2. The number of aromatic nitrogens is 1.